The summed E-state index contributed by atoms with van der Waals surface area (Å²) in [5.74, 6) is 0.568. The van der Waals surface area contributed by atoms with Crippen LogP contribution in [0.3, 0.4) is 0 Å². The van der Waals surface area contributed by atoms with Gasteiger partial charge < -0.3 is 5.11 Å². The first kappa shape index (κ1) is 7.59. The van der Waals surface area contributed by atoms with Crippen molar-refractivity contribution >= 4 is 11.6 Å². The minimum Gasteiger partial charge on any atom is -0.391 e. The topological polar surface area (TPSA) is 23.5 Å². The average molecular weight is 174 g/mol. The van der Waals surface area contributed by atoms with E-state index in [1.165, 1.54) is 5.57 Å². The highest BCUT2D eigenvalue weighted by Gasteiger charge is 2.37. The molecule has 2 aliphatic rings. The summed E-state index contributed by atoms with van der Waals surface area (Å²) >= 11 is 5.73. The number of alkyl halides is 1. The summed E-state index contributed by atoms with van der Waals surface area (Å²) in [5, 5.41) is 9.56. The normalized spacial score (nSPS) is 37.5. The Morgan fingerprint density at radius 3 is 3.27 bits per heavy atom. The Kier molecular flexibility index (Phi) is 1.91. The quantitative estimate of drug-likeness (QED) is 0.464. The number of nitrogens with zero attached hydrogens (tertiary/aromatic N) is 1. The molecule has 1 fully saturated rings. The first-order chi connectivity index (χ1) is 5.33. The van der Waals surface area contributed by atoms with Crippen molar-refractivity contribution < 1.29 is 5.11 Å². The first-order valence-corrected chi connectivity index (χ1v) is 4.53. The van der Waals surface area contributed by atoms with Crippen molar-refractivity contribution in [1.82, 2.24) is 4.90 Å². The third-order valence-electron chi connectivity index (χ3n) is 2.59. The van der Waals surface area contributed by atoms with Gasteiger partial charge in [-0.05, 0) is 12.0 Å². The lowest BCUT2D eigenvalue weighted by atomic mass is 10.1. The maximum Gasteiger partial charge on any atom is 0.0746 e. The molecule has 0 saturated carbocycles. The summed E-state index contributed by atoms with van der Waals surface area (Å²) in [4.78, 5) is 2.28. The molecule has 0 spiro atoms. The number of halogens is 1. The Morgan fingerprint density at radius 1 is 1.73 bits per heavy atom. The number of fused-ring (bicyclic) bond motifs is 1. The number of aliphatic hydroxyl groups excluding tert-OH is 1. The monoisotopic (exact) mass is 173 g/mol. The maximum atomic E-state index is 9.56. The summed E-state index contributed by atoms with van der Waals surface area (Å²) in [7, 11) is 0. The zero-order valence-electron chi connectivity index (χ0n) is 6.33. The lowest BCUT2D eigenvalue weighted by Gasteiger charge is -2.19. The van der Waals surface area contributed by atoms with Crippen LogP contribution in [0.25, 0.3) is 0 Å². The van der Waals surface area contributed by atoms with Gasteiger partial charge in [0, 0.05) is 19.0 Å². The van der Waals surface area contributed by atoms with Crippen molar-refractivity contribution in [1.29, 1.82) is 0 Å². The molecule has 2 heterocycles. The molecule has 0 amide bonds. The molecule has 0 aromatic rings. The van der Waals surface area contributed by atoms with Crippen LogP contribution < -0.4 is 0 Å². The second kappa shape index (κ2) is 2.77. The van der Waals surface area contributed by atoms with E-state index in [4.69, 9.17) is 11.6 Å². The fraction of sp³-hybridized carbons (Fsp3) is 0.750. The highest BCUT2D eigenvalue weighted by molar-refractivity contribution is 6.19. The van der Waals surface area contributed by atoms with Gasteiger partial charge in [0.25, 0.3) is 0 Å². The van der Waals surface area contributed by atoms with Crippen molar-refractivity contribution in [2.45, 2.75) is 18.6 Å². The van der Waals surface area contributed by atoms with E-state index >= 15 is 0 Å². The average Bonchev–Trinajstić information content (AvgIpc) is 2.54. The van der Waals surface area contributed by atoms with Gasteiger partial charge in [-0.1, -0.05) is 6.08 Å². The maximum absolute atomic E-state index is 9.56. The molecule has 3 heteroatoms. The summed E-state index contributed by atoms with van der Waals surface area (Å²) in [6, 6.07) is 0.243. The molecule has 0 radical (unpaired) electrons. The fourth-order valence-electron chi connectivity index (χ4n) is 2.01. The van der Waals surface area contributed by atoms with Crippen molar-refractivity contribution in [2.24, 2.45) is 0 Å². The fourth-order valence-corrected chi connectivity index (χ4v) is 2.28. The highest BCUT2D eigenvalue weighted by atomic mass is 35.5. The Morgan fingerprint density at radius 2 is 2.55 bits per heavy atom. The van der Waals surface area contributed by atoms with E-state index in [0.717, 1.165) is 19.5 Å². The molecule has 0 aromatic carbocycles. The minimum atomic E-state index is -0.178. The van der Waals surface area contributed by atoms with E-state index in [1.807, 2.05) is 0 Å². The number of hydrogen-bond acceptors (Lipinski definition) is 2. The first-order valence-electron chi connectivity index (χ1n) is 4.00. The predicted octanol–water partition coefficient (Wildman–Crippen LogP) is 0.600. The zero-order valence-corrected chi connectivity index (χ0v) is 7.09. The molecule has 1 N–H and O–H groups in total. The molecule has 2 atom stereocenters. The smallest absolute Gasteiger partial charge is 0.0746 e. The van der Waals surface area contributed by atoms with Crippen LogP contribution in [-0.4, -0.2) is 41.1 Å². The van der Waals surface area contributed by atoms with Crippen LogP contribution in [0, 0.1) is 0 Å². The molecular formula is C8H12ClNO. The second-order valence-electron chi connectivity index (χ2n) is 3.21. The SMILES string of the molecule is OC1CCN2CC=C(CCl)C12. The zero-order chi connectivity index (χ0) is 7.84. The van der Waals surface area contributed by atoms with Gasteiger partial charge in [0.05, 0.1) is 12.1 Å². The van der Waals surface area contributed by atoms with E-state index in [9.17, 15) is 5.11 Å². The van der Waals surface area contributed by atoms with Crippen LogP contribution in [0.15, 0.2) is 11.6 Å². The van der Waals surface area contributed by atoms with Crippen LogP contribution in [-0.2, 0) is 0 Å². The minimum absolute atomic E-state index is 0.178. The molecule has 0 bridgehead atoms. The van der Waals surface area contributed by atoms with Crippen LogP contribution in [0.4, 0.5) is 0 Å². The van der Waals surface area contributed by atoms with E-state index < -0.39 is 0 Å². The van der Waals surface area contributed by atoms with E-state index in [2.05, 4.69) is 11.0 Å². The van der Waals surface area contributed by atoms with Crippen molar-refractivity contribution in [2.75, 3.05) is 19.0 Å². The van der Waals surface area contributed by atoms with Crippen LogP contribution in [0.1, 0.15) is 6.42 Å². The van der Waals surface area contributed by atoms with Gasteiger partial charge in [-0.3, -0.25) is 4.90 Å². The molecule has 62 valence electrons. The summed E-state index contributed by atoms with van der Waals surface area (Å²) < 4.78 is 0. The highest BCUT2D eigenvalue weighted by Crippen LogP contribution is 2.29. The van der Waals surface area contributed by atoms with Gasteiger partial charge in [0.15, 0.2) is 0 Å². The number of rotatable bonds is 1. The third kappa shape index (κ3) is 1.10. The standard InChI is InChI=1S/C8H12ClNO/c9-5-6-1-3-10-4-2-7(11)8(6)10/h1,7-8,11H,2-5H2. The van der Waals surface area contributed by atoms with E-state index in [0.29, 0.717) is 5.88 Å². The molecule has 2 nitrogen and oxygen atoms in total. The molecule has 0 aliphatic carbocycles. The Labute approximate surface area is 71.4 Å². The molecule has 0 aromatic heterocycles. The van der Waals surface area contributed by atoms with Crippen molar-refractivity contribution in [3.05, 3.63) is 11.6 Å². The summed E-state index contributed by atoms with van der Waals surface area (Å²) in [6.45, 7) is 1.99. The van der Waals surface area contributed by atoms with Gasteiger partial charge in [0.1, 0.15) is 0 Å². The molecule has 2 aliphatic heterocycles. The van der Waals surface area contributed by atoms with Crippen LogP contribution in [0.5, 0.6) is 0 Å². The molecule has 11 heavy (non-hydrogen) atoms. The Bertz CT molecular complexity index is 193. The predicted molar refractivity (Wildman–Crippen MR) is 44.8 cm³/mol. The van der Waals surface area contributed by atoms with Gasteiger partial charge in [0.2, 0.25) is 0 Å². The summed E-state index contributed by atoms with van der Waals surface area (Å²) in [5.41, 5.74) is 1.21. The third-order valence-corrected chi connectivity index (χ3v) is 2.90. The lowest BCUT2D eigenvalue weighted by molar-refractivity contribution is 0.147. The number of aliphatic hydroxyl groups is 1. The van der Waals surface area contributed by atoms with Gasteiger partial charge in [-0.2, -0.15) is 0 Å². The Balaban J connectivity index is 2.15. The van der Waals surface area contributed by atoms with Gasteiger partial charge in [-0.15, -0.1) is 11.6 Å². The molecular weight excluding hydrogens is 162 g/mol. The molecule has 2 rings (SSSR count). The lowest BCUT2D eigenvalue weighted by Crippen LogP contribution is -2.32. The summed E-state index contributed by atoms with van der Waals surface area (Å²) in [6.07, 6.45) is 2.86. The molecule has 1 saturated heterocycles. The molecule has 2 unspecified atom stereocenters. The van der Waals surface area contributed by atoms with Crippen molar-refractivity contribution in [3.8, 4) is 0 Å². The largest absolute Gasteiger partial charge is 0.391 e. The second-order valence-corrected chi connectivity index (χ2v) is 3.48. The van der Waals surface area contributed by atoms with E-state index in [1.54, 1.807) is 0 Å². The van der Waals surface area contributed by atoms with Crippen LogP contribution in [0.2, 0.25) is 0 Å². The van der Waals surface area contributed by atoms with Crippen LogP contribution >= 0.6 is 11.6 Å². The Hall–Kier alpha value is -0.0500. The van der Waals surface area contributed by atoms with Gasteiger partial charge >= 0.3 is 0 Å². The van der Waals surface area contributed by atoms with Gasteiger partial charge in [-0.25, -0.2) is 0 Å². The van der Waals surface area contributed by atoms with Crippen molar-refractivity contribution in [3.63, 3.8) is 0 Å². The number of hydrogen-bond donors (Lipinski definition) is 1. The van der Waals surface area contributed by atoms with E-state index in [-0.39, 0.29) is 12.1 Å².